The van der Waals surface area contributed by atoms with Gasteiger partial charge in [0.15, 0.2) is 0 Å². The monoisotopic (exact) mass is 323 g/mol. The summed E-state index contributed by atoms with van der Waals surface area (Å²) in [5.74, 6) is -0.330. The topological polar surface area (TPSA) is 64.6 Å². The van der Waals surface area contributed by atoms with E-state index in [1.165, 1.54) is 6.07 Å². The molecule has 128 valence electrons. The fraction of sp³-hybridized carbons (Fsp3) is 0.588. The number of urea groups is 1. The van der Waals surface area contributed by atoms with E-state index in [1.54, 1.807) is 12.1 Å². The molecule has 0 radical (unpaired) electrons. The largest absolute Gasteiger partial charge is 0.394 e. The molecule has 2 rings (SSSR count). The molecule has 23 heavy (non-hydrogen) atoms. The highest BCUT2D eigenvalue weighted by molar-refractivity contribution is 5.90. The number of carbonyl (C=O) groups excluding carboxylic acids is 1. The number of aliphatic hydroxyl groups excluding tert-OH is 1. The van der Waals surface area contributed by atoms with Gasteiger partial charge in [0.1, 0.15) is 5.82 Å². The lowest BCUT2D eigenvalue weighted by Crippen LogP contribution is -2.52. The summed E-state index contributed by atoms with van der Waals surface area (Å²) in [6.45, 7) is 5.43. The molecule has 0 aliphatic carbocycles. The van der Waals surface area contributed by atoms with Gasteiger partial charge in [0.2, 0.25) is 0 Å². The molecule has 1 aliphatic heterocycles. The molecule has 1 aliphatic rings. The minimum absolute atomic E-state index is 0.129. The lowest BCUT2D eigenvalue weighted by atomic mass is 9.94. The van der Waals surface area contributed by atoms with E-state index in [1.807, 2.05) is 18.7 Å². The summed E-state index contributed by atoms with van der Waals surface area (Å²) >= 11 is 0. The van der Waals surface area contributed by atoms with Crippen molar-refractivity contribution in [2.75, 3.05) is 29.9 Å². The molecule has 1 aromatic rings. The second-order valence-electron chi connectivity index (χ2n) is 6.09. The molecule has 0 bridgehead atoms. The van der Waals surface area contributed by atoms with Gasteiger partial charge in [-0.25, -0.2) is 9.18 Å². The van der Waals surface area contributed by atoms with Crippen molar-refractivity contribution in [2.24, 2.45) is 0 Å². The van der Waals surface area contributed by atoms with E-state index in [-0.39, 0.29) is 12.4 Å². The van der Waals surface area contributed by atoms with Gasteiger partial charge in [-0.1, -0.05) is 13.8 Å². The first-order chi connectivity index (χ1) is 11.0. The quantitative estimate of drug-likeness (QED) is 0.754. The number of rotatable bonds is 6. The first-order valence-corrected chi connectivity index (χ1v) is 8.28. The van der Waals surface area contributed by atoms with Gasteiger partial charge in [0, 0.05) is 18.8 Å². The Morgan fingerprint density at radius 2 is 1.96 bits per heavy atom. The number of amides is 2. The van der Waals surface area contributed by atoms with Crippen LogP contribution in [0.5, 0.6) is 0 Å². The van der Waals surface area contributed by atoms with E-state index >= 15 is 0 Å². The molecule has 0 aromatic heterocycles. The Kier molecular flexibility index (Phi) is 5.82. The van der Waals surface area contributed by atoms with Gasteiger partial charge < -0.3 is 20.6 Å². The van der Waals surface area contributed by atoms with Crippen molar-refractivity contribution >= 4 is 17.4 Å². The number of nitrogens with one attached hydrogen (secondary N) is 2. The number of anilines is 2. The van der Waals surface area contributed by atoms with Crippen molar-refractivity contribution in [3.05, 3.63) is 24.0 Å². The summed E-state index contributed by atoms with van der Waals surface area (Å²) in [7, 11) is 0. The lowest BCUT2D eigenvalue weighted by molar-refractivity contribution is 0.155. The highest BCUT2D eigenvalue weighted by atomic mass is 19.1. The van der Waals surface area contributed by atoms with Gasteiger partial charge in [0.05, 0.1) is 17.8 Å². The zero-order valence-electron chi connectivity index (χ0n) is 13.9. The molecule has 0 unspecified atom stereocenters. The summed E-state index contributed by atoms with van der Waals surface area (Å²) in [5.41, 5.74) is 0.347. The van der Waals surface area contributed by atoms with E-state index < -0.39 is 11.6 Å². The number of halogens is 1. The minimum Gasteiger partial charge on any atom is -0.394 e. The second-order valence-corrected chi connectivity index (χ2v) is 6.09. The molecule has 1 fully saturated rings. The average molecular weight is 323 g/mol. The van der Waals surface area contributed by atoms with Crippen LogP contribution in [-0.2, 0) is 0 Å². The van der Waals surface area contributed by atoms with Crippen LogP contribution in [0.1, 0.15) is 39.5 Å². The summed E-state index contributed by atoms with van der Waals surface area (Å²) < 4.78 is 14.2. The van der Waals surface area contributed by atoms with Gasteiger partial charge in [-0.05, 0) is 43.9 Å². The standard InChI is InChI=1S/C17H26FN3O2/c1-3-17(4-2,12-22)20-16(23)19-13-7-8-15(14(18)11-13)21-9-5-6-10-21/h7-8,11,22H,3-6,9-10,12H2,1-2H3,(H2,19,20,23). The van der Waals surface area contributed by atoms with Gasteiger partial charge in [0.25, 0.3) is 0 Å². The van der Waals surface area contributed by atoms with Crippen LogP contribution in [-0.4, -0.2) is 36.4 Å². The SMILES string of the molecule is CCC(CC)(CO)NC(=O)Nc1ccc(N2CCCC2)c(F)c1. The molecular formula is C17H26FN3O2. The molecule has 2 amide bonds. The van der Waals surface area contributed by atoms with Crippen molar-refractivity contribution in [3.8, 4) is 0 Å². The first kappa shape index (κ1) is 17.5. The fourth-order valence-electron chi connectivity index (χ4n) is 2.89. The molecule has 3 N–H and O–H groups in total. The van der Waals surface area contributed by atoms with E-state index in [2.05, 4.69) is 10.6 Å². The summed E-state index contributed by atoms with van der Waals surface area (Å²) in [6.07, 6.45) is 3.41. The number of aliphatic hydroxyl groups is 1. The number of nitrogens with zero attached hydrogens (tertiary/aromatic N) is 1. The Morgan fingerprint density at radius 1 is 1.30 bits per heavy atom. The van der Waals surface area contributed by atoms with Crippen molar-refractivity contribution < 1.29 is 14.3 Å². The molecule has 6 heteroatoms. The van der Waals surface area contributed by atoms with Gasteiger partial charge in [-0.15, -0.1) is 0 Å². The molecule has 5 nitrogen and oxygen atoms in total. The molecule has 1 saturated heterocycles. The zero-order chi connectivity index (χ0) is 16.9. The van der Waals surface area contributed by atoms with Crippen LogP contribution in [0.25, 0.3) is 0 Å². The predicted octanol–water partition coefficient (Wildman–Crippen LogP) is 3.10. The van der Waals surface area contributed by atoms with Crippen molar-refractivity contribution in [2.45, 2.75) is 45.1 Å². The summed E-state index contributed by atoms with van der Waals surface area (Å²) in [6, 6.07) is 4.31. The van der Waals surface area contributed by atoms with Crippen molar-refractivity contribution in [1.82, 2.24) is 5.32 Å². The number of hydrogen-bond acceptors (Lipinski definition) is 3. The van der Waals surface area contributed by atoms with Gasteiger partial charge in [-0.3, -0.25) is 0 Å². The minimum atomic E-state index is -0.641. The molecule has 1 aromatic carbocycles. The van der Waals surface area contributed by atoms with Crippen LogP contribution < -0.4 is 15.5 Å². The highest BCUT2D eigenvalue weighted by Gasteiger charge is 2.27. The smallest absolute Gasteiger partial charge is 0.319 e. The summed E-state index contributed by atoms with van der Waals surface area (Å²) in [5, 5.41) is 14.9. The van der Waals surface area contributed by atoms with E-state index in [9.17, 15) is 14.3 Å². The van der Waals surface area contributed by atoms with Crippen LogP contribution in [0, 0.1) is 5.82 Å². The maximum atomic E-state index is 14.2. The van der Waals surface area contributed by atoms with Crippen LogP contribution in [0.15, 0.2) is 18.2 Å². The van der Waals surface area contributed by atoms with E-state index in [0.29, 0.717) is 24.2 Å². The maximum absolute atomic E-state index is 14.2. The first-order valence-electron chi connectivity index (χ1n) is 8.28. The van der Waals surface area contributed by atoms with Crippen molar-refractivity contribution in [3.63, 3.8) is 0 Å². The Labute approximate surface area is 136 Å². The van der Waals surface area contributed by atoms with Crippen LogP contribution >= 0.6 is 0 Å². The zero-order valence-corrected chi connectivity index (χ0v) is 13.9. The summed E-state index contributed by atoms with van der Waals surface area (Å²) in [4.78, 5) is 14.1. The number of carbonyl (C=O) groups is 1. The van der Waals surface area contributed by atoms with Gasteiger partial charge in [-0.2, -0.15) is 0 Å². The van der Waals surface area contributed by atoms with Crippen LogP contribution in [0.2, 0.25) is 0 Å². The molecule has 0 saturated carbocycles. The van der Waals surface area contributed by atoms with Crippen LogP contribution in [0.4, 0.5) is 20.6 Å². The average Bonchev–Trinajstić information content (AvgIpc) is 3.07. The Hall–Kier alpha value is -1.82. The predicted molar refractivity (Wildman–Crippen MR) is 90.4 cm³/mol. The lowest BCUT2D eigenvalue weighted by Gasteiger charge is -2.30. The van der Waals surface area contributed by atoms with E-state index in [4.69, 9.17) is 0 Å². The highest BCUT2D eigenvalue weighted by Crippen LogP contribution is 2.26. The van der Waals surface area contributed by atoms with E-state index in [0.717, 1.165) is 25.9 Å². The third kappa shape index (κ3) is 4.13. The fourth-order valence-corrected chi connectivity index (χ4v) is 2.89. The molecule has 0 atom stereocenters. The Balaban J connectivity index is 2.02. The Morgan fingerprint density at radius 3 is 2.48 bits per heavy atom. The van der Waals surface area contributed by atoms with Crippen molar-refractivity contribution in [1.29, 1.82) is 0 Å². The molecule has 0 spiro atoms. The molecule has 1 heterocycles. The number of hydrogen-bond donors (Lipinski definition) is 3. The normalized spacial score (nSPS) is 14.9. The third-order valence-electron chi connectivity index (χ3n) is 4.69. The second kappa shape index (κ2) is 7.64. The van der Waals surface area contributed by atoms with Gasteiger partial charge >= 0.3 is 6.03 Å². The maximum Gasteiger partial charge on any atom is 0.319 e. The Bertz CT molecular complexity index is 532. The van der Waals surface area contributed by atoms with Crippen LogP contribution in [0.3, 0.4) is 0 Å². The number of benzene rings is 1. The third-order valence-corrected chi connectivity index (χ3v) is 4.69. The molecular weight excluding hydrogens is 297 g/mol.